The van der Waals surface area contributed by atoms with E-state index in [1.165, 1.54) is 18.4 Å². The molecule has 0 radical (unpaired) electrons. The van der Waals surface area contributed by atoms with Crippen molar-refractivity contribution < 1.29 is 0 Å². The Balaban J connectivity index is 2.42. The van der Waals surface area contributed by atoms with Crippen LogP contribution in [0, 0.1) is 5.92 Å². The van der Waals surface area contributed by atoms with E-state index in [1.54, 1.807) is 0 Å². The zero-order chi connectivity index (χ0) is 11.3. The van der Waals surface area contributed by atoms with Gasteiger partial charge in [-0.3, -0.25) is 16.0 Å². The summed E-state index contributed by atoms with van der Waals surface area (Å²) in [6.45, 7) is 4.49. The van der Waals surface area contributed by atoms with Crippen molar-refractivity contribution in [2.24, 2.45) is 18.8 Å². The fourth-order valence-corrected chi connectivity index (χ4v) is 1.70. The van der Waals surface area contributed by atoms with Gasteiger partial charge < -0.3 is 0 Å². The molecule has 3 N–H and O–H groups in total. The van der Waals surface area contributed by atoms with Crippen molar-refractivity contribution in [2.75, 3.05) is 0 Å². The van der Waals surface area contributed by atoms with Gasteiger partial charge in [0.1, 0.15) is 0 Å². The summed E-state index contributed by atoms with van der Waals surface area (Å²) >= 11 is 0. The Hall–Kier alpha value is -0.870. The van der Waals surface area contributed by atoms with Crippen molar-refractivity contribution >= 4 is 0 Å². The predicted octanol–water partition coefficient (Wildman–Crippen LogP) is 1.75. The molecule has 1 unspecified atom stereocenters. The van der Waals surface area contributed by atoms with Gasteiger partial charge in [0.05, 0.1) is 6.20 Å². The molecule has 1 rings (SSSR count). The second kappa shape index (κ2) is 5.88. The number of rotatable bonds is 6. The summed E-state index contributed by atoms with van der Waals surface area (Å²) in [4.78, 5) is 0. The maximum atomic E-state index is 5.54. The molecule has 0 saturated carbocycles. The lowest BCUT2D eigenvalue weighted by atomic mass is 10.0. The Labute approximate surface area is 91.8 Å². The molecule has 1 atom stereocenters. The van der Waals surface area contributed by atoms with Crippen molar-refractivity contribution in [2.45, 2.75) is 39.2 Å². The number of hydrazine groups is 1. The van der Waals surface area contributed by atoms with Gasteiger partial charge in [-0.2, -0.15) is 5.10 Å². The molecule has 0 fully saturated rings. The van der Waals surface area contributed by atoms with Crippen LogP contribution in [0.1, 0.15) is 44.7 Å². The van der Waals surface area contributed by atoms with Crippen molar-refractivity contribution in [1.29, 1.82) is 0 Å². The second-order valence-electron chi connectivity index (χ2n) is 4.49. The van der Waals surface area contributed by atoms with Crippen LogP contribution in [0.15, 0.2) is 12.4 Å². The standard InChI is InChI=1S/C11H22N4/c1-9(2)5-4-6-11(14-12)10-7-13-15(3)8-10/h7-9,11,14H,4-6,12H2,1-3H3. The summed E-state index contributed by atoms with van der Waals surface area (Å²) in [6, 6.07) is 0.234. The molecule has 4 heteroatoms. The van der Waals surface area contributed by atoms with E-state index in [0.29, 0.717) is 0 Å². The zero-order valence-corrected chi connectivity index (χ0v) is 9.90. The topological polar surface area (TPSA) is 55.9 Å². The molecule has 0 aliphatic rings. The number of nitrogens with one attached hydrogen (secondary N) is 1. The molecule has 0 aromatic carbocycles. The number of hydrogen-bond acceptors (Lipinski definition) is 3. The number of nitrogens with zero attached hydrogens (tertiary/aromatic N) is 2. The summed E-state index contributed by atoms with van der Waals surface area (Å²) < 4.78 is 1.81. The van der Waals surface area contributed by atoms with E-state index in [-0.39, 0.29) is 6.04 Å². The van der Waals surface area contributed by atoms with Crippen LogP contribution in [-0.4, -0.2) is 9.78 Å². The first-order valence-electron chi connectivity index (χ1n) is 5.58. The highest BCUT2D eigenvalue weighted by Crippen LogP contribution is 2.19. The molecule has 15 heavy (non-hydrogen) atoms. The minimum atomic E-state index is 0.234. The Morgan fingerprint density at radius 3 is 2.67 bits per heavy atom. The monoisotopic (exact) mass is 210 g/mol. The van der Waals surface area contributed by atoms with E-state index in [0.717, 1.165) is 12.3 Å². The molecule has 0 bridgehead atoms. The summed E-state index contributed by atoms with van der Waals surface area (Å²) in [7, 11) is 1.92. The van der Waals surface area contributed by atoms with Crippen LogP contribution >= 0.6 is 0 Å². The molecule has 0 aliphatic carbocycles. The van der Waals surface area contributed by atoms with E-state index in [4.69, 9.17) is 5.84 Å². The minimum absolute atomic E-state index is 0.234. The molecule has 1 heterocycles. The molecule has 4 nitrogen and oxygen atoms in total. The first kappa shape index (κ1) is 12.2. The van der Waals surface area contributed by atoms with Crippen LogP contribution in [0.25, 0.3) is 0 Å². The molecule has 0 saturated heterocycles. The summed E-state index contributed by atoms with van der Waals surface area (Å²) in [5.74, 6) is 6.31. The number of nitrogens with two attached hydrogens (primary N) is 1. The predicted molar refractivity (Wildman–Crippen MR) is 62.0 cm³/mol. The van der Waals surface area contributed by atoms with Crippen LogP contribution in [0.3, 0.4) is 0 Å². The van der Waals surface area contributed by atoms with Crippen molar-refractivity contribution in [1.82, 2.24) is 15.2 Å². The highest BCUT2D eigenvalue weighted by molar-refractivity contribution is 5.09. The Bertz CT molecular complexity index is 280. The highest BCUT2D eigenvalue weighted by atomic mass is 15.3. The fraction of sp³-hybridized carbons (Fsp3) is 0.727. The molecular formula is C11H22N4. The van der Waals surface area contributed by atoms with Gasteiger partial charge in [0.15, 0.2) is 0 Å². The number of hydrogen-bond donors (Lipinski definition) is 2. The molecule has 86 valence electrons. The average Bonchev–Trinajstić information content (AvgIpc) is 2.59. The summed E-state index contributed by atoms with van der Waals surface area (Å²) in [5, 5.41) is 4.15. The second-order valence-corrected chi connectivity index (χ2v) is 4.49. The lowest BCUT2D eigenvalue weighted by molar-refractivity contribution is 0.455. The van der Waals surface area contributed by atoms with Crippen molar-refractivity contribution in [3.05, 3.63) is 18.0 Å². The van der Waals surface area contributed by atoms with E-state index < -0.39 is 0 Å². The van der Waals surface area contributed by atoms with Crippen LogP contribution < -0.4 is 11.3 Å². The van der Waals surface area contributed by atoms with Gasteiger partial charge in [0.25, 0.3) is 0 Å². The minimum Gasteiger partial charge on any atom is -0.275 e. The quantitative estimate of drug-likeness (QED) is 0.555. The van der Waals surface area contributed by atoms with Crippen molar-refractivity contribution in [3.63, 3.8) is 0 Å². The molecule has 0 spiro atoms. The van der Waals surface area contributed by atoms with Gasteiger partial charge in [-0.15, -0.1) is 0 Å². The Kier molecular flexibility index (Phi) is 4.78. The van der Waals surface area contributed by atoms with Gasteiger partial charge in [-0.1, -0.05) is 26.7 Å². The van der Waals surface area contributed by atoms with Crippen LogP contribution in [0.4, 0.5) is 0 Å². The smallest absolute Gasteiger partial charge is 0.0538 e. The van der Waals surface area contributed by atoms with Gasteiger partial charge in [0.2, 0.25) is 0 Å². The molecule has 1 aromatic heterocycles. The number of aromatic nitrogens is 2. The lowest BCUT2D eigenvalue weighted by Gasteiger charge is -2.14. The van der Waals surface area contributed by atoms with Crippen LogP contribution in [0.5, 0.6) is 0 Å². The summed E-state index contributed by atoms with van der Waals surface area (Å²) in [5.41, 5.74) is 4.02. The SMILES string of the molecule is CC(C)CCCC(NN)c1cnn(C)c1. The normalized spacial score (nSPS) is 13.4. The van der Waals surface area contributed by atoms with E-state index >= 15 is 0 Å². The third-order valence-electron chi connectivity index (χ3n) is 2.60. The Morgan fingerprint density at radius 2 is 2.20 bits per heavy atom. The maximum absolute atomic E-state index is 5.54. The van der Waals surface area contributed by atoms with Gasteiger partial charge in [-0.05, 0) is 12.3 Å². The third-order valence-corrected chi connectivity index (χ3v) is 2.60. The first-order valence-corrected chi connectivity index (χ1v) is 5.58. The van der Waals surface area contributed by atoms with Gasteiger partial charge in [-0.25, -0.2) is 0 Å². The van der Waals surface area contributed by atoms with E-state index in [1.807, 2.05) is 24.1 Å². The lowest BCUT2D eigenvalue weighted by Crippen LogP contribution is -2.27. The maximum Gasteiger partial charge on any atom is 0.0538 e. The highest BCUT2D eigenvalue weighted by Gasteiger charge is 2.11. The Morgan fingerprint density at radius 1 is 1.47 bits per heavy atom. The van der Waals surface area contributed by atoms with Gasteiger partial charge >= 0.3 is 0 Å². The largest absolute Gasteiger partial charge is 0.275 e. The zero-order valence-electron chi connectivity index (χ0n) is 9.90. The van der Waals surface area contributed by atoms with Crippen LogP contribution in [0.2, 0.25) is 0 Å². The van der Waals surface area contributed by atoms with Crippen molar-refractivity contribution in [3.8, 4) is 0 Å². The summed E-state index contributed by atoms with van der Waals surface area (Å²) in [6.07, 6.45) is 7.40. The van der Waals surface area contributed by atoms with Gasteiger partial charge in [0, 0.05) is 24.8 Å². The van der Waals surface area contributed by atoms with E-state index in [2.05, 4.69) is 24.4 Å². The first-order chi connectivity index (χ1) is 7.13. The van der Waals surface area contributed by atoms with Crippen LogP contribution in [-0.2, 0) is 7.05 Å². The fourth-order valence-electron chi connectivity index (χ4n) is 1.70. The molecule has 0 amide bonds. The molecular weight excluding hydrogens is 188 g/mol. The molecule has 0 aliphatic heterocycles. The average molecular weight is 210 g/mol. The number of aryl methyl sites for hydroxylation is 1. The molecule has 1 aromatic rings. The van der Waals surface area contributed by atoms with E-state index in [9.17, 15) is 0 Å². The third kappa shape index (κ3) is 4.01.